The van der Waals surface area contributed by atoms with Crippen LogP contribution in [0.2, 0.25) is 0 Å². The molecule has 0 fully saturated rings. The normalized spacial score (nSPS) is 2.13. The first-order valence-corrected chi connectivity index (χ1v) is 5.05. The van der Waals surface area contributed by atoms with Crippen molar-refractivity contribution in [1.29, 1.82) is 0 Å². The van der Waals surface area contributed by atoms with E-state index in [9.17, 15) is 0 Å². The van der Waals surface area contributed by atoms with Crippen molar-refractivity contribution < 1.29 is 395 Å². The zero-order valence-electron chi connectivity index (χ0n) is 30.7. The maximum absolute atomic E-state index is 5.17. The average molecular weight is 1650 g/mol. The smallest absolute Gasteiger partial charge is 2.00 e. The van der Waals surface area contributed by atoms with Crippen LogP contribution in [0.15, 0.2) is 0 Å². The summed E-state index contributed by atoms with van der Waals surface area (Å²) in [6, 6.07) is 0. The van der Waals surface area contributed by atoms with Gasteiger partial charge in [-0.15, -0.1) is 0 Å². The molecule has 0 aromatic heterocycles. The molecular weight excluding hydrogens is 1590 g/mol. The molecule has 0 aliphatic heterocycles. The summed E-state index contributed by atoms with van der Waals surface area (Å²) in [6.07, 6.45) is 0. The van der Waals surface area contributed by atoms with Crippen LogP contribution in [0.1, 0.15) is 0 Å². The first kappa shape index (κ1) is 1040. The summed E-state index contributed by atoms with van der Waals surface area (Å²) in [5.74, 6) is 0. The molecule has 44 nitrogen and oxygen atoms in total. The van der Waals surface area contributed by atoms with Crippen molar-refractivity contribution in [3.63, 3.8) is 0 Å². The quantitative estimate of drug-likeness (QED) is 0.0663. The van der Waals surface area contributed by atoms with E-state index in [2.05, 4.69) is 10.6 Å². The van der Waals surface area contributed by atoms with Crippen molar-refractivity contribution in [1.82, 2.24) is 22.9 Å². The molecule has 0 bridgehead atoms. The van der Waals surface area contributed by atoms with E-state index in [1.165, 1.54) is 0 Å². The van der Waals surface area contributed by atoms with Gasteiger partial charge in [0.2, 0.25) is 0 Å². The Labute approximate surface area is 488 Å². The van der Waals surface area contributed by atoms with E-state index >= 15 is 0 Å². The molecule has 40 N–H and O–H groups in total. The third-order valence-electron chi connectivity index (χ3n) is 1.28. The van der Waals surface area contributed by atoms with Crippen molar-refractivity contribution in [2.75, 3.05) is 52.4 Å². The van der Waals surface area contributed by atoms with Gasteiger partial charge in [-0.3, -0.25) is 0 Å². The average Bonchev–Trinajstić information content (AvgIpc) is 2.21. The molecule has 0 aliphatic rings. The van der Waals surface area contributed by atoms with Crippen LogP contribution in [-0.4, -0.2) is 96.2 Å². The van der Waals surface area contributed by atoms with E-state index < -0.39 is 0 Å². The molecule has 0 rings (SSSR count). The van der Waals surface area contributed by atoms with E-state index in [4.69, 9.17) is 22.9 Å². The summed E-state index contributed by atoms with van der Waals surface area (Å²) in [6.45, 7) is 6.27. The summed E-state index contributed by atoms with van der Waals surface area (Å²) in [5.41, 5.74) is 20.7. The van der Waals surface area contributed by atoms with Crippen molar-refractivity contribution in [3.05, 3.63) is 0 Å². The van der Waals surface area contributed by atoms with Gasteiger partial charge in [0, 0.05) is 216 Å². The molecule has 0 unspecified atom stereocenters. The predicted octanol–water partition coefficient (Wildman–Crippen LogP) is -13.8. The summed E-state index contributed by atoms with van der Waals surface area (Å²) in [7, 11) is 0. The van der Waals surface area contributed by atoms with Crippen LogP contribution in [0, 0.1) is 0 Å². The maximum atomic E-state index is 5.17. The second-order valence-electron chi connectivity index (χ2n) is 2.65. The zero-order valence-corrected chi connectivity index (χ0v) is 47.4. The molecule has 4 radical (unpaired) electrons. The molecular formula is C8H56Cu2Mo6N8O36V2-44. The Morgan fingerprint density at radius 1 is 0.226 bits per heavy atom. The molecule has 0 saturated heterocycles. The fourth-order valence-corrected chi connectivity index (χ4v) is 0.658. The Kier molecular flexibility index (Phi) is 21600. The molecule has 0 aromatic carbocycles. The molecule has 0 amide bonds. The number of nitrogens with two attached hydrogens (primary N) is 4. The minimum atomic E-state index is 0. The summed E-state index contributed by atoms with van der Waals surface area (Å²) >= 11 is 0. The number of quaternary nitrogens is 2. The van der Waals surface area contributed by atoms with Crippen LogP contribution in [0.4, 0.5) is 0 Å². The topological polar surface area (TPSA) is 1260 Å². The molecule has 0 heterocycles. The van der Waals surface area contributed by atoms with E-state index in [1.54, 1.807) is 0 Å². The van der Waals surface area contributed by atoms with Crippen LogP contribution in [0.5, 0.6) is 0 Å². The van der Waals surface area contributed by atoms with Gasteiger partial charge in [-0.1, -0.05) is 0 Å². The minimum Gasteiger partial charge on any atom is -2.00 e. The standard InChI is InChI=1S/2C4H13N3.2Cu.6Mo.2H3N.10H2O.26O.2V/c2*5-1-3-7-4-2-6;;;;;;;;;;;;;;;;;;;;;;;;;;;;;;;;;;;;;;;;;;;;;;;;/h2*7H,1-6H2;;;;;;;;;2*1H3;10*1H2;;;;;;;;;;;;;;;;;;;;;;;;;;;;/q;;2*+2;;;;;;;;;;;;;;;;;;;26*-2;;/p+4. The summed E-state index contributed by atoms with van der Waals surface area (Å²) in [4.78, 5) is 0. The van der Waals surface area contributed by atoms with Gasteiger partial charge < -0.3 is 243 Å². The van der Waals surface area contributed by atoms with Gasteiger partial charge in [-0.2, -0.15) is 0 Å². The van der Waals surface area contributed by atoms with Gasteiger partial charge in [-0.25, -0.2) is 0 Å². The van der Waals surface area contributed by atoms with Crippen molar-refractivity contribution in [2.45, 2.75) is 0 Å². The molecule has 0 aromatic rings. The SMILES string of the molecule is NCCNCCN.NCCNCCN.O.O.O.O.O.O.O.O.[Cu+2].[Cu+2].[Mo].[Mo].[Mo].[Mo].[Mo].[Mo].[NH4+].[NH4+].[O-2].[O-2].[O-2].[O-2].[O-2].[O-2].[O-2].[O-2].[O-2].[O-2].[O-2].[O-2].[O-2].[O-2].[O-2].[O-2].[O-2].[O-2].[O-2].[O-2].[O-2].[O-2].[O-2].[O-2].[O-2].[O-2].[OH3+].[OH3+].[V].[V]. The van der Waals surface area contributed by atoms with Crippen molar-refractivity contribution >= 4 is 0 Å². The third kappa shape index (κ3) is 1650. The van der Waals surface area contributed by atoms with E-state index in [0.29, 0.717) is 26.2 Å². The van der Waals surface area contributed by atoms with Crippen LogP contribution in [0.3, 0.4) is 0 Å². The van der Waals surface area contributed by atoms with E-state index in [-0.39, 0.29) is 407 Å². The monoisotopic (exact) mass is 1660 g/mol. The maximum Gasteiger partial charge on any atom is 2.00 e. The molecule has 0 aliphatic carbocycles. The third-order valence-corrected chi connectivity index (χ3v) is 1.28. The van der Waals surface area contributed by atoms with Gasteiger partial charge in [0.25, 0.3) is 0 Å². The van der Waals surface area contributed by atoms with Gasteiger partial charge in [0.05, 0.1) is 0 Å². The Hall–Kier alpha value is 4.58. The molecule has 0 spiro atoms. The Balaban J connectivity index is -0.000000000545. The Morgan fingerprint density at radius 3 is 0.306 bits per heavy atom. The largest absolute Gasteiger partial charge is 2.00 e. The van der Waals surface area contributed by atoms with E-state index in [1.807, 2.05) is 0 Å². The molecule has 54 heteroatoms. The Morgan fingerprint density at radius 2 is 0.274 bits per heavy atom. The summed E-state index contributed by atoms with van der Waals surface area (Å²) in [5, 5.41) is 6.07. The number of hydrogen-bond donors (Lipinski definition) is 8. The summed E-state index contributed by atoms with van der Waals surface area (Å²) < 4.78 is 0. The van der Waals surface area contributed by atoms with Gasteiger partial charge in [0.1, 0.15) is 0 Å². The molecule has 0 atom stereocenters. The van der Waals surface area contributed by atoms with Gasteiger partial charge >= 0.3 is 34.1 Å². The Bertz CT molecular complexity index is 164. The van der Waals surface area contributed by atoms with Crippen molar-refractivity contribution in [3.8, 4) is 0 Å². The molecule has 0 saturated carbocycles. The van der Waals surface area contributed by atoms with Crippen LogP contribution in [0.25, 0.3) is 0 Å². The first-order valence-electron chi connectivity index (χ1n) is 5.05. The number of nitrogens with one attached hydrogen (secondary N) is 2. The fraction of sp³-hybridized carbons (Fsp3) is 1.00. The van der Waals surface area contributed by atoms with Crippen molar-refractivity contribution in [2.24, 2.45) is 22.9 Å². The van der Waals surface area contributed by atoms with Gasteiger partial charge in [-0.05, 0) is 0 Å². The minimum absolute atomic E-state index is 0. The second-order valence-corrected chi connectivity index (χ2v) is 2.65. The molecule has 456 valence electrons. The zero-order chi connectivity index (χ0) is 11.1. The van der Waals surface area contributed by atoms with Crippen LogP contribution in [-0.2, 0) is 351 Å². The van der Waals surface area contributed by atoms with Crippen LogP contribution >= 0.6 is 0 Å². The van der Waals surface area contributed by atoms with E-state index in [0.717, 1.165) is 26.2 Å². The van der Waals surface area contributed by atoms with Gasteiger partial charge in [0.15, 0.2) is 0 Å². The number of hydrogen-bond acceptors (Lipinski definition) is 6. The first-order chi connectivity index (χ1) is 6.83. The second kappa shape index (κ2) is 1290. The number of rotatable bonds is 8. The molecule has 62 heavy (non-hydrogen) atoms. The predicted molar refractivity (Wildman–Crippen MR) is 130 cm³/mol. The van der Waals surface area contributed by atoms with Crippen LogP contribution < -0.4 is 45.9 Å². The fourth-order valence-electron chi connectivity index (χ4n) is 0.658.